The Balaban J connectivity index is 1.55. The number of ether oxygens (including phenoxy) is 1. The van der Waals surface area contributed by atoms with Crippen LogP contribution in [0.3, 0.4) is 0 Å². The Kier molecular flexibility index (Phi) is 5.99. The van der Waals surface area contributed by atoms with E-state index in [1.54, 1.807) is 24.3 Å². The van der Waals surface area contributed by atoms with Gasteiger partial charge in [-0.2, -0.15) is 0 Å². The van der Waals surface area contributed by atoms with Gasteiger partial charge in [0.1, 0.15) is 0 Å². The summed E-state index contributed by atoms with van der Waals surface area (Å²) >= 11 is 6.14. The Morgan fingerprint density at radius 3 is 2.71 bits per heavy atom. The molecule has 2 aromatic rings. The summed E-state index contributed by atoms with van der Waals surface area (Å²) in [4.78, 5) is 38.2. The number of anilines is 2. The van der Waals surface area contributed by atoms with Gasteiger partial charge in [0.05, 0.1) is 16.6 Å². The molecule has 3 rings (SSSR count). The van der Waals surface area contributed by atoms with Crippen LogP contribution >= 0.6 is 11.6 Å². The summed E-state index contributed by atoms with van der Waals surface area (Å²) in [5, 5.41) is 3.18. The van der Waals surface area contributed by atoms with Crippen LogP contribution in [0.15, 0.2) is 42.5 Å². The average molecular weight is 401 g/mol. The van der Waals surface area contributed by atoms with E-state index in [0.29, 0.717) is 16.4 Å². The predicted molar refractivity (Wildman–Crippen MR) is 107 cm³/mol. The van der Waals surface area contributed by atoms with E-state index in [1.807, 2.05) is 32.0 Å². The average Bonchev–Trinajstić information content (AvgIpc) is 3.05. The van der Waals surface area contributed by atoms with Gasteiger partial charge in [0.2, 0.25) is 5.91 Å². The van der Waals surface area contributed by atoms with Crippen molar-refractivity contribution in [3.05, 3.63) is 58.6 Å². The summed E-state index contributed by atoms with van der Waals surface area (Å²) in [5.41, 5.74) is 3.18. The number of esters is 1. The Morgan fingerprint density at radius 1 is 1.21 bits per heavy atom. The zero-order valence-corrected chi connectivity index (χ0v) is 16.5. The first kappa shape index (κ1) is 19.9. The van der Waals surface area contributed by atoms with Crippen molar-refractivity contribution < 1.29 is 19.1 Å². The summed E-state index contributed by atoms with van der Waals surface area (Å²) < 4.78 is 5.13. The molecule has 1 aliphatic heterocycles. The number of nitrogens with zero attached hydrogens (tertiary/aromatic N) is 1. The minimum Gasteiger partial charge on any atom is -0.455 e. The fourth-order valence-corrected chi connectivity index (χ4v) is 3.32. The second-order valence-corrected chi connectivity index (χ2v) is 7.24. The van der Waals surface area contributed by atoms with Crippen molar-refractivity contribution in [2.45, 2.75) is 20.3 Å². The van der Waals surface area contributed by atoms with Gasteiger partial charge in [0.25, 0.3) is 5.91 Å². The van der Waals surface area contributed by atoms with Crippen LogP contribution < -0.4 is 10.2 Å². The molecule has 0 saturated carbocycles. The zero-order valence-electron chi connectivity index (χ0n) is 15.7. The lowest BCUT2D eigenvalue weighted by Gasteiger charge is -2.17. The predicted octanol–water partition coefficient (Wildman–Crippen LogP) is 3.49. The number of rotatable bonds is 5. The number of hydrogen-bond donors (Lipinski definition) is 1. The normalized spacial score (nSPS) is 16.2. The summed E-state index contributed by atoms with van der Waals surface area (Å²) in [6.45, 7) is 3.59. The number of aryl methyl sites for hydroxylation is 2. The number of carbonyl (C=O) groups excluding carboxylic acids is 3. The van der Waals surface area contributed by atoms with Crippen molar-refractivity contribution >= 4 is 40.8 Å². The van der Waals surface area contributed by atoms with Crippen LogP contribution in [0.4, 0.5) is 11.4 Å². The number of carbonyl (C=O) groups is 3. The van der Waals surface area contributed by atoms with Gasteiger partial charge in [-0.05, 0) is 43.2 Å². The molecule has 0 aliphatic carbocycles. The van der Waals surface area contributed by atoms with E-state index in [2.05, 4.69) is 5.32 Å². The highest BCUT2D eigenvalue weighted by Crippen LogP contribution is 2.31. The van der Waals surface area contributed by atoms with E-state index in [0.717, 1.165) is 11.1 Å². The Bertz CT molecular complexity index is 928. The van der Waals surface area contributed by atoms with Crippen molar-refractivity contribution in [3.63, 3.8) is 0 Å². The standard InChI is InChI=1S/C21H21ClN2O4/c1-13-7-8-14(2)17(9-13)23-19(25)12-28-21(27)15-10-20(26)24(11-15)18-6-4-3-5-16(18)22/h3-9,15H,10-12H2,1-2H3,(H,23,25). The summed E-state index contributed by atoms with van der Waals surface area (Å²) in [6.07, 6.45) is 0.0304. The molecule has 1 unspecified atom stereocenters. The number of hydrogen-bond acceptors (Lipinski definition) is 4. The van der Waals surface area contributed by atoms with E-state index in [4.69, 9.17) is 16.3 Å². The Hall–Kier alpha value is -2.86. The van der Waals surface area contributed by atoms with Gasteiger partial charge in [-0.25, -0.2) is 0 Å². The lowest BCUT2D eigenvalue weighted by Crippen LogP contribution is -2.28. The van der Waals surface area contributed by atoms with Gasteiger partial charge in [-0.1, -0.05) is 35.9 Å². The minimum atomic E-state index is -0.628. The maximum absolute atomic E-state index is 12.3. The lowest BCUT2D eigenvalue weighted by molar-refractivity contribution is -0.151. The molecule has 146 valence electrons. The second-order valence-electron chi connectivity index (χ2n) is 6.83. The molecule has 6 nitrogen and oxygen atoms in total. The molecule has 7 heteroatoms. The third-order valence-electron chi connectivity index (χ3n) is 4.61. The van der Waals surface area contributed by atoms with E-state index in [9.17, 15) is 14.4 Å². The van der Waals surface area contributed by atoms with Crippen molar-refractivity contribution in [3.8, 4) is 0 Å². The lowest BCUT2D eigenvalue weighted by atomic mass is 10.1. The third kappa shape index (κ3) is 4.51. The van der Waals surface area contributed by atoms with Gasteiger partial charge >= 0.3 is 5.97 Å². The number of amides is 2. The van der Waals surface area contributed by atoms with Crippen molar-refractivity contribution in [2.24, 2.45) is 5.92 Å². The molecular formula is C21H21ClN2O4. The molecule has 0 bridgehead atoms. The molecule has 2 aromatic carbocycles. The number of para-hydroxylation sites is 1. The van der Waals surface area contributed by atoms with E-state index >= 15 is 0 Å². The van der Waals surface area contributed by atoms with Gasteiger partial charge in [0, 0.05) is 18.7 Å². The maximum atomic E-state index is 12.3. The third-order valence-corrected chi connectivity index (χ3v) is 4.93. The second kappa shape index (κ2) is 8.44. The fraction of sp³-hybridized carbons (Fsp3) is 0.286. The number of nitrogens with one attached hydrogen (secondary N) is 1. The van der Waals surface area contributed by atoms with Crippen LogP contribution in [-0.4, -0.2) is 30.9 Å². The molecule has 1 atom stereocenters. The highest BCUT2D eigenvalue weighted by molar-refractivity contribution is 6.33. The number of halogens is 1. The molecule has 1 N–H and O–H groups in total. The van der Waals surface area contributed by atoms with E-state index in [1.165, 1.54) is 4.90 Å². The van der Waals surface area contributed by atoms with Crippen LogP contribution in [-0.2, 0) is 19.1 Å². The fourth-order valence-electron chi connectivity index (χ4n) is 3.08. The van der Waals surface area contributed by atoms with Crippen molar-refractivity contribution in [1.29, 1.82) is 0 Å². The molecule has 1 saturated heterocycles. The van der Waals surface area contributed by atoms with Crippen LogP contribution in [0.5, 0.6) is 0 Å². The van der Waals surface area contributed by atoms with Gasteiger partial charge in [0.15, 0.2) is 6.61 Å². The maximum Gasteiger partial charge on any atom is 0.311 e. The van der Waals surface area contributed by atoms with Crippen LogP contribution in [0, 0.1) is 19.8 Å². The molecule has 1 aliphatic rings. The van der Waals surface area contributed by atoms with Gasteiger partial charge in [-0.3, -0.25) is 14.4 Å². The van der Waals surface area contributed by atoms with Crippen molar-refractivity contribution in [2.75, 3.05) is 23.4 Å². The van der Waals surface area contributed by atoms with Crippen molar-refractivity contribution in [1.82, 2.24) is 0 Å². The smallest absolute Gasteiger partial charge is 0.311 e. The monoisotopic (exact) mass is 400 g/mol. The topological polar surface area (TPSA) is 75.7 Å². The first-order valence-electron chi connectivity index (χ1n) is 8.94. The van der Waals surface area contributed by atoms with E-state index in [-0.39, 0.29) is 18.9 Å². The van der Waals surface area contributed by atoms with Crippen LogP contribution in [0.2, 0.25) is 5.02 Å². The zero-order chi connectivity index (χ0) is 20.3. The summed E-state index contributed by atoms with van der Waals surface area (Å²) in [7, 11) is 0. The molecule has 1 heterocycles. The largest absolute Gasteiger partial charge is 0.455 e. The summed E-state index contributed by atoms with van der Waals surface area (Å²) in [5.74, 6) is -1.82. The van der Waals surface area contributed by atoms with Crippen LogP contribution in [0.1, 0.15) is 17.5 Å². The van der Waals surface area contributed by atoms with E-state index < -0.39 is 24.4 Å². The highest BCUT2D eigenvalue weighted by Gasteiger charge is 2.37. The molecule has 2 amide bonds. The minimum absolute atomic E-state index is 0.0304. The molecule has 28 heavy (non-hydrogen) atoms. The molecule has 1 fully saturated rings. The highest BCUT2D eigenvalue weighted by atomic mass is 35.5. The first-order chi connectivity index (χ1) is 13.3. The first-order valence-corrected chi connectivity index (χ1v) is 9.31. The Morgan fingerprint density at radius 2 is 1.96 bits per heavy atom. The molecule has 0 spiro atoms. The number of benzene rings is 2. The summed E-state index contributed by atoms with van der Waals surface area (Å²) in [6, 6.07) is 12.7. The Labute approximate surface area is 168 Å². The molecule has 0 radical (unpaired) electrons. The molecule has 0 aromatic heterocycles. The molecular weight excluding hydrogens is 380 g/mol. The van der Waals surface area contributed by atoms with Crippen LogP contribution in [0.25, 0.3) is 0 Å². The SMILES string of the molecule is Cc1ccc(C)c(NC(=O)COC(=O)C2CC(=O)N(c3ccccc3Cl)C2)c1. The van der Waals surface area contributed by atoms with Gasteiger partial charge in [-0.15, -0.1) is 0 Å². The van der Waals surface area contributed by atoms with Gasteiger partial charge < -0.3 is 15.0 Å². The quantitative estimate of drug-likeness (QED) is 0.779.